The molecule has 1 atom stereocenters. The Morgan fingerprint density at radius 2 is 0.800 bits per heavy atom. The Bertz CT molecular complexity index is 801. The van der Waals surface area contributed by atoms with Crippen LogP contribution in [-0.2, 0) is 19.1 Å². The fraction of sp³-hybridized carbons (Fsp3) is 0.822. The summed E-state index contributed by atoms with van der Waals surface area (Å²) >= 11 is 0. The lowest BCUT2D eigenvalue weighted by molar-refractivity contribution is -0.161. The molecule has 1 N–H and O–H groups in total. The van der Waals surface area contributed by atoms with Gasteiger partial charge in [0.1, 0.15) is 6.61 Å². The van der Waals surface area contributed by atoms with Crippen molar-refractivity contribution in [3.63, 3.8) is 0 Å². The van der Waals surface area contributed by atoms with E-state index in [2.05, 4.69) is 50.3 Å². The van der Waals surface area contributed by atoms with Gasteiger partial charge in [0.05, 0.1) is 6.61 Å². The Hall–Kier alpha value is -1.88. The molecule has 292 valence electrons. The van der Waals surface area contributed by atoms with Crippen molar-refractivity contribution in [2.24, 2.45) is 0 Å². The normalized spacial score (nSPS) is 12.5. The van der Waals surface area contributed by atoms with E-state index in [1.807, 2.05) is 0 Å². The van der Waals surface area contributed by atoms with Crippen molar-refractivity contribution in [3.05, 3.63) is 36.5 Å². The van der Waals surface area contributed by atoms with E-state index in [1.54, 1.807) is 0 Å². The van der Waals surface area contributed by atoms with Crippen molar-refractivity contribution >= 4 is 11.9 Å². The Kier molecular flexibility index (Phi) is 40.0. The molecule has 50 heavy (non-hydrogen) atoms. The van der Waals surface area contributed by atoms with E-state index in [9.17, 15) is 14.7 Å². The summed E-state index contributed by atoms with van der Waals surface area (Å²) in [6.07, 6.45) is 50.7. The van der Waals surface area contributed by atoms with Crippen LogP contribution in [0.3, 0.4) is 0 Å². The van der Waals surface area contributed by atoms with Crippen molar-refractivity contribution in [1.29, 1.82) is 0 Å². The third kappa shape index (κ3) is 38.9. The molecule has 0 heterocycles. The molecule has 1 unspecified atom stereocenters. The molecular formula is C45H82O5. The maximum absolute atomic E-state index is 12.2. The van der Waals surface area contributed by atoms with E-state index < -0.39 is 6.10 Å². The smallest absolute Gasteiger partial charge is 0.306 e. The molecule has 0 aromatic rings. The highest BCUT2D eigenvalue weighted by molar-refractivity contribution is 5.70. The van der Waals surface area contributed by atoms with Gasteiger partial charge in [-0.05, 0) is 70.6 Å². The van der Waals surface area contributed by atoms with Crippen LogP contribution in [0.15, 0.2) is 36.5 Å². The van der Waals surface area contributed by atoms with Gasteiger partial charge in [-0.2, -0.15) is 0 Å². The van der Waals surface area contributed by atoms with Crippen molar-refractivity contribution in [3.8, 4) is 0 Å². The van der Waals surface area contributed by atoms with Crippen molar-refractivity contribution in [1.82, 2.24) is 0 Å². The average Bonchev–Trinajstić information content (AvgIpc) is 3.12. The van der Waals surface area contributed by atoms with Gasteiger partial charge in [-0.15, -0.1) is 0 Å². The number of aliphatic hydroxyl groups excluding tert-OH is 1. The molecule has 0 rings (SSSR count). The predicted molar refractivity (Wildman–Crippen MR) is 214 cm³/mol. The van der Waals surface area contributed by atoms with Crippen LogP contribution in [0, 0.1) is 0 Å². The summed E-state index contributed by atoms with van der Waals surface area (Å²) in [5.74, 6) is -0.603. The third-order valence-electron chi connectivity index (χ3n) is 9.41. The first-order valence-corrected chi connectivity index (χ1v) is 21.5. The molecule has 0 aliphatic heterocycles. The highest BCUT2D eigenvalue weighted by Crippen LogP contribution is 2.14. The van der Waals surface area contributed by atoms with Crippen molar-refractivity contribution < 1.29 is 24.2 Å². The zero-order valence-corrected chi connectivity index (χ0v) is 33.2. The van der Waals surface area contributed by atoms with Crippen LogP contribution in [0.5, 0.6) is 0 Å². The highest BCUT2D eigenvalue weighted by Gasteiger charge is 2.16. The molecule has 0 aliphatic rings. The number of ether oxygens (including phenoxy) is 2. The summed E-state index contributed by atoms with van der Waals surface area (Å²) in [5.41, 5.74) is 0. The zero-order valence-electron chi connectivity index (χ0n) is 33.2. The van der Waals surface area contributed by atoms with Crippen LogP contribution in [0.1, 0.15) is 219 Å². The van der Waals surface area contributed by atoms with Crippen LogP contribution in [0.2, 0.25) is 0 Å². The lowest BCUT2D eigenvalue weighted by Crippen LogP contribution is -2.28. The van der Waals surface area contributed by atoms with E-state index in [0.717, 1.165) is 51.4 Å². The van der Waals surface area contributed by atoms with Crippen LogP contribution in [0.25, 0.3) is 0 Å². The van der Waals surface area contributed by atoms with Crippen LogP contribution in [0.4, 0.5) is 0 Å². The van der Waals surface area contributed by atoms with Crippen LogP contribution >= 0.6 is 0 Å². The summed E-state index contributed by atoms with van der Waals surface area (Å²) in [4.78, 5) is 24.3. The first-order valence-electron chi connectivity index (χ1n) is 21.5. The number of carbonyl (C=O) groups excluding carboxylic acids is 2. The summed E-state index contributed by atoms with van der Waals surface area (Å²) in [7, 11) is 0. The fourth-order valence-electron chi connectivity index (χ4n) is 6.11. The lowest BCUT2D eigenvalue weighted by atomic mass is 10.0. The Morgan fingerprint density at radius 3 is 1.24 bits per heavy atom. The van der Waals surface area contributed by atoms with E-state index in [-0.39, 0.29) is 25.2 Å². The Morgan fingerprint density at radius 1 is 0.460 bits per heavy atom. The number of aliphatic hydroxyl groups is 1. The maximum atomic E-state index is 12.2. The molecular weight excluding hydrogens is 620 g/mol. The second kappa shape index (κ2) is 41.5. The molecule has 0 spiro atoms. The van der Waals surface area contributed by atoms with Gasteiger partial charge in [-0.25, -0.2) is 0 Å². The second-order valence-corrected chi connectivity index (χ2v) is 14.4. The van der Waals surface area contributed by atoms with Gasteiger partial charge in [0.2, 0.25) is 0 Å². The first-order chi connectivity index (χ1) is 24.6. The highest BCUT2D eigenvalue weighted by atomic mass is 16.6. The SMILES string of the molecule is CCCCCC=CCC=CCCCCCCCC(=O)OCC(CO)OC(=O)CCCCCCCCCCCCCC=CCCCCCCCC. The quantitative estimate of drug-likeness (QED) is 0.0392. The molecule has 0 radical (unpaired) electrons. The predicted octanol–water partition coefficient (Wildman–Crippen LogP) is 13.6. The first kappa shape index (κ1) is 48.1. The minimum absolute atomic E-state index is 0.0717. The van der Waals surface area contributed by atoms with Crippen molar-refractivity contribution in [2.45, 2.75) is 225 Å². The molecule has 0 aliphatic carbocycles. The second-order valence-electron chi connectivity index (χ2n) is 14.4. The van der Waals surface area contributed by atoms with E-state index in [0.29, 0.717) is 12.8 Å². The molecule has 0 fully saturated rings. The molecule has 0 saturated carbocycles. The lowest BCUT2D eigenvalue weighted by Gasteiger charge is -2.15. The van der Waals surface area contributed by atoms with Crippen LogP contribution < -0.4 is 0 Å². The number of hydrogen-bond acceptors (Lipinski definition) is 5. The monoisotopic (exact) mass is 703 g/mol. The zero-order chi connectivity index (χ0) is 36.4. The van der Waals surface area contributed by atoms with E-state index in [4.69, 9.17) is 9.47 Å². The maximum Gasteiger partial charge on any atom is 0.306 e. The molecule has 0 bridgehead atoms. The number of unbranched alkanes of at least 4 members (excludes halogenated alkanes) is 25. The number of esters is 2. The number of allylic oxidation sites excluding steroid dienone is 6. The summed E-state index contributed by atoms with van der Waals surface area (Å²) < 4.78 is 10.6. The van der Waals surface area contributed by atoms with Gasteiger partial charge in [0.15, 0.2) is 6.10 Å². The molecule has 0 amide bonds. The summed E-state index contributed by atoms with van der Waals surface area (Å²) in [6, 6.07) is 0. The van der Waals surface area contributed by atoms with Gasteiger partial charge in [0, 0.05) is 12.8 Å². The Balaban J connectivity index is 3.53. The van der Waals surface area contributed by atoms with Gasteiger partial charge in [-0.3, -0.25) is 9.59 Å². The van der Waals surface area contributed by atoms with Gasteiger partial charge in [-0.1, -0.05) is 172 Å². The molecule has 0 saturated heterocycles. The average molecular weight is 703 g/mol. The van der Waals surface area contributed by atoms with Gasteiger partial charge in [0.25, 0.3) is 0 Å². The molecule has 5 heteroatoms. The van der Waals surface area contributed by atoms with E-state index in [1.165, 1.54) is 141 Å². The number of carbonyl (C=O) groups is 2. The number of rotatable bonds is 39. The van der Waals surface area contributed by atoms with Crippen LogP contribution in [-0.4, -0.2) is 36.4 Å². The van der Waals surface area contributed by atoms with Gasteiger partial charge >= 0.3 is 11.9 Å². The third-order valence-corrected chi connectivity index (χ3v) is 9.41. The molecule has 0 aromatic heterocycles. The topological polar surface area (TPSA) is 72.8 Å². The summed E-state index contributed by atoms with van der Waals surface area (Å²) in [6.45, 7) is 4.11. The van der Waals surface area contributed by atoms with E-state index >= 15 is 0 Å². The fourth-order valence-corrected chi connectivity index (χ4v) is 6.11. The Labute approximate surface area is 310 Å². The molecule has 0 aromatic carbocycles. The largest absolute Gasteiger partial charge is 0.462 e. The minimum atomic E-state index is -0.776. The summed E-state index contributed by atoms with van der Waals surface area (Å²) in [5, 5.41) is 9.57. The standard InChI is InChI=1S/C45H82O5/c1-3-5-7-9-11-13-15-17-19-20-21-22-23-24-26-28-30-32-34-36-38-40-45(48)50-43(41-46)42-49-44(47)39-37-35-33-31-29-27-25-18-16-14-12-10-8-6-4-2/h12,14,17-19,25,43,46H,3-11,13,15-16,20-24,26-42H2,1-2H3. The molecule has 5 nitrogen and oxygen atoms in total. The minimum Gasteiger partial charge on any atom is -0.462 e. The van der Waals surface area contributed by atoms with Gasteiger partial charge < -0.3 is 14.6 Å². The van der Waals surface area contributed by atoms with Crippen molar-refractivity contribution in [2.75, 3.05) is 13.2 Å². The number of hydrogen-bond donors (Lipinski definition) is 1.